The van der Waals surface area contributed by atoms with E-state index in [9.17, 15) is 13.2 Å². The fourth-order valence-electron chi connectivity index (χ4n) is 5.00. The maximum Gasteiger partial charge on any atom is 0.261 e. The first-order valence-corrected chi connectivity index (χ1v) is 14.3. The molecule has 1 aliphatic heterocycles. The summed E-state index contributed by atoms with van der Waals surface area (Å²) in [4.78, 5) is 23.3. The fourth-order valence-corrected chi connectivity index (χ4v) is 6.52. The zero-order valence-electron chi connectivity index (χ0n) is 21.5. The van der Waals surface area contributed by atoms with Crippen molar-refractivity contribution in [2.45, 2.75) is 31.1 Å². The van der Waals surface area contributed by atoms with Crippen molar-refractivity contribution in [1.82, 2.24) is 18.8 Å². The summed E-state index contributed by atoms with van der Waals surface area (Å²) in [5.41, 5.74) is 11.2. The number of nitrogens with zero attached hydrogens (tertiary/aromatic N) is 4. The lowest BCUT2D eigenvalue weighted by molar-refractivity contribution is 0.102. The van der Waals surface area contributed by atoms with Crippen molar-refractivity contribution in [1.29, 1.82) is 0 Å². The number of hydrogen-bond acceptors (Lipinski definition) is 6. The van der Waals surface area contributed by atoms with Crippen LogP contribution in [0, 0.1) is 6.92 Å². The van der Waals surface area contributed by atoms with Crippen LogP contribution in [-0.2, 0) is 10.0 Å². The van der Waals surface area contributed by atoms with Crippen molar-refractivity contribution in [3.05, 3.63) is 83.9 Å². The third-order valence-corrected chi connectivity index (χ3v) is 8.99. The lowest BCUT2D eigenvalue weighted by Gasteiger charge is -2.25. The van der Waals surface area contributed by atoms with Crippen molar-refractivity contribution in [2.24, 2.45) is 0 Å². The Morgan fingerprint density at radius 1 is 0.872 bits per heavy atom. The van der Waals surface area contributed by atoms with Gasteiger partial charge in [0.15, 0.2) is 5.65 Å². The van der Waals surface area contributed by atoms with Crippen LogP contribution in [0.4, 0.5) is 11.5 Å². The van der Waals surface area contributed by atoms with Crippen LogP contribution in [-0.4, -0.2) is 46.3 Å². The first-order chi connectivity index (χ1) is 18.8. The van der Waals surface area contributed by atoms with Crippen LogP contribution < -0.4 is 11.1 Å². The monoisotopic (exact) mass is 540 g/mol. The van der Waals surface area contributed by atoms with E-state index in [1.807, 2.05) is 55.5 Å². The van der Waals surface area contributed by atoms with E-state index in [4.69, 9.17) is 15.7 Å². The Balaban J connectivity index is 1.46. The number of aryl methyl sites for hydroxylation is 1. The van der Waals surface area contributed by atoms with Gasteiger partial charge in [0.2, 0.25) is 10.0 Å². The Kier molecular flexibility index (Phi) is 6.28. The van der Waals surface area contributed by atoms with Gasteiger partial charge in [0.05, 0.1) is 15.9 Å². The summed E-state index contributed by atoms with van der Waals surface area (Å²) in [5, 5.41) is 2.91. The lowest BCUT2D eigenvalue weighted by Crippen LogP contribution is -2.35. The summed E-state index contributed by atoms with van der Waals surface area (Å²) < 4.78 is 29.5. The summed E-state index contributed by atoms with van der Waals surface area (Å²) >= 11 is 0. The second-order valence-electron chi connectivity index (χ2n) is 9.76. The highest BCUT2D eigenvalue weighted by Gasteiger charge is 2.28. The van der Waals surface area contributed by atoms with Crippen molar-refractivity contribution in [3.63, 3.8) is 0 Å². The zero-order valence-corrected chi connectivity index (χ0v) is 22.3. The first-order valence-electron chi connectivity index (χ1n) is 12.9. The van der Waals surface area contributed by atoms with Gasteiger partial charge in [-0.15, -0.1) is 0 Å². The van der Waals surface area contributed by atoms with Gasteiger partial charge in [-0.1, -0.05) is 36.2 Å². The predicted octanol–water partition coefficient (Wildman–Crippen LogP) is 4.89. The molecule has 3 heterocycles. The number of amides is 1. The van der Waals surface area contributed by atoms with Crippen molar-refractivity contribution in [3.8, 4) is 5.69 Å². The number of para-hydroxylation sites is 2. The molecule has 9 nitrogen and oxygen atoms in total. The quantitative estimate of drug-likeness (QED) is 0.327. The van der Waals surface area contributed by atoms with E-state index < -0.39 is 15.9 Å². The molecular formula is C29H28N6O3S. The number of hydrogen-bond donors (Lipinski definition) is 2. The molecule has 10 heteroatoms. The first kappa shape index (κ1) is 25.0. The Labute approximate surface area is 226 Å². The molecule has 3 aromatic carbocycles. The molecule has 1 fully saturated rings. The molecule has 5 aromatic rings. The molecular weight excluding hydrogens is 512 g/mol. The highest BCUT2D eigenvalue weighted by Crippen LogP contribution is 2.32. The predicted molar refractivity (Wildman–Crippen MR) is 153 cm³/mol. The highest BCUT2D eigenvalue weighted by molar-refractivity contribution is 7.89. The van der Waals surface area contributed by atoms with E-state index in [-0.39, 0.29) is 16.3 Å². The SMILES string of the molecule is Cc1ccc(NC(=O)c2c(N)n(-c3ccc(S(=O)(=O)N4CCCCC4)cc3)c3nc4ccccc4nc23)cc1. The third kappa shape index (κ3) is 4.51. The Bertz CT molecular complexity index is 1810. The van der Waals surface area contributed by atoms with E-state index in [0.717, 1.165) is 24.8 Å². The number of benzene rings is 3. The van der Waals surface area contributed by atoms with Gasteiger partial charge in [0.1, 0.15) is 16.9 Å². The minimum absolute atomic E-state index is 0.163. The molecule has 0 bridgehead atoms. The molecule has 0 unspecified atom stereocenters. The number of carbonyl (C=O) groups is 1. The maximum absolute atomic E-state index is 13.5. The molecule has 1 saturated heterocycles. The maximum atomic E-state index is 13.5. The third-order valence-electron chi connectivity index (χ3n) is 7.08. The van der Waals surface area contributed by atoms with Gasteiger partial charge >= 0.3 is 0 Å². The van der Waals surface area contributed by atoms with E-state index in [2.05, 4.69) is 5.32 Å². The van der Waals surface area contributed by atoms with E-state index in [0.29, 0.717) is 46.7 Å². The van der Waals surface area contributed by atoms with Crippen molar-refractivity contribution < 1.29 is 13.2 Å². The number of nitrogen functional groups attached to an aromatic ring is 1. The average molecular weight is 541 g/mol. The largest absolute Gasteiger partial charge is 0.384 e. The number of nitrogens with one attached hydrogen (secondary N) is 1. The van der Waals surface area contributed by atoms with Crippen LogP contribution in [0.2, 0.25) is 0 Å². The number of piperidine rings is 1. The molecule has 1 amide bonds. The summed E-state index contributed by atoms with van der Waals surface area (Å²) in [6.45, 7) is 3.03. The Morgan fingerprint density at radius 3 is 2.18 bits per heavy atom. The molecule has 0 aliphatic carbocycles. The van der Waals surface area contributed by atoms with Gasteiger partial charge in [0.25, 0.3) is 5.91 Å². The van der Waals surface area contributed by atoms with Gasteiger partial charge in [-0.2, -0.15) is 4.31 Å². The Hall–Kier alpha value is -4.28. The standard InChI is InChI=1S/C29H28N6O3S/c1-19-9-11-20(12-10-19)31-29(36)25-26-28(33-24-8-4-3-7-23(24)32-26)35(27(25)30)21-13-15-22(16-14-21)39(37,38)34-17-5-2-6-18-34/h3-4,7-16H,2,5-6,17-18,30H2,1H3,(H,31,36). The molecule has 3 N–H and O–H groups in total. The van der Waals surface area contributed by atoms with Crippen LogP contribution in [0.1, 0.15) is 35.2 Å². The van der Waals surface area contributed by atoms with Crippen LogP contribution in [0.5, 0.6) is 0 Å². The topological polar surface area (TPSA) is 123 Å². The van der Waals surface area contributed by atoms with Crippen molar-refractivity contribution >= 4 is 49.6 Å². The second-order valence-corrected chi connectivity index (χ2v) is 11.7. The average Bonchev–Trinajstić information content (AvgIpc) is 3.24. The van der Waals surface area contributed by atoms with Gasteiger partial charge in [0, 0.05) is 24.5 Å². The van der Waals surface area contributed by atoms with Gasteiger partial charge in [-0.3, -0.25) is 9.36 Å². The molecule has 0 atom stereocenters. The smallest absolute Gasteiger partial charge is 0.261 e. The lowest BCUT2D eigenvalue weighted by atomic mass is 10.2. The molecule has 39 heavy (non-hydrogen) atoms. The molecule has 198 valence electrons. The molecule has 1 aliphatic rings. The van der Waals surface area contributed by atoms with Gasteiger partial charge < -0.3 is 11.1 Å². The number of anilines is 2. The summed E-state index contributed by atoms with van der Waals surface area (Å²) in [6.07, 6.45) is 2.77. The van der Waals surface area contributed by atoms with E-state index in [1.54, 1.807) is 28.8 Å². The number of carbonyl (C=O) groups excluding carboxylic acids is 1. The van der Waals surface area contributed by atoms with E-state index >= 15 is 0 Å². The van der Waals surface area contributed by atoms with Crippen LogP contribution in [0.3, 0.4) is 0 Å². The number of aromatic nitrogens is 3. The molecule has 0 radical (unpaired) electrons. The van der Waals surface area contributed by atoms with Crippen LogP contribution in [0.15, 0.2) is 77.7 Å². The summed E-state index contributed by atoms with van der Waals surface area (Å²) in [7, 11) is -3.59. The minimum Gasteiger partial charge on any atom is -0.384 e. The fraction of sp³-hybridized carbons (Fsp3) is 0.207. The summed E-state index contributed by atoms with van der Waals surface area (Å²) in [5.74, 6) is -0.245. The second kappa shape index (κ2) is 9.79. The number of nitrogens with two attached hydrogens (primary N) is 1. The minimum atomic E-state index is -3.59. The van der Waals surface area contributed by atoms with Gasteiger partial charge in [-0.25, -0.2) is 18.4 Å². The van der Waals surface area contributed by atoms with Gasteiger partial charge in [-0.05, 0) is 68.3 Å². The molecule has 0 spiro atoms. The molecule has 0 saturated carbocycles. The number of fused-ring (bicyclic) bond motifs is 2. The molecule has 6 rings (SSSR count). The van der Waals surface area contributed by atoms with E-state index in [1.165, 1.54) is 4.31 Å². The highest BCUT2D eigenvalue weighted by atomic mass is 32.2. The Morgan fingerprint density at radius 2 is 1.51 bits per heavy atom. The van der Waals surface area contributed by atoms with Crippen LogP contribution >= 0.6 is 0 Å². The van der Waals surface area contributed by atoms with Crippen molar-refractivity contribution in [2.75, 3.05) is 24.1 Å². The zero-order chi connectivity index (χ0) is 27.1. The summed E-state index contributed by atoms with van der Waals surface area (Å²) in [6, 6.07) is 21.4. The number of rotatable bonds is 5. The van der Waals surface area contributed by atoms with Crippen LogP contribution in [0.25, 0.3) is 27.9 Å². The normalized spacial score (nSPS) is 14.6. The number of sulfonamides is 1. The molecule has 2 aromatic heterocycles.